The maximum atomic E-state index is 12.4. The third kappa shape index (κ3) is 3.21. The molecule has 1 aromatic rings. The molecule has 108 valence electrons. The Kier molecular flexibility index (Phi) is 4.06. The molecule has 0 spiro atoms. The highest BCUT2D eigenvalue weighted by Gasteiger charge is 2.35. The first-order valence-corrected chi connectivity index (χ1v) is 7.79. The molecule has 1 aliphatic carbocycles. The number of hydrogen-bond acceptors (Lipinski definition) is 2. The van der Waals surface area contributed by atoms with E-state index in [1.54, 1.807) is 0 Å². The van der Waals surface area contributed by atoms with E-state index in [2.05, 4.69) is 41.8 Å². The van der Waals surface area contributed by atoms with E-state index in [0.29, 0.717) is 17.9 Å². The van der Waals surface area contributed by atoms with E-state index >= 15 is 0 Å². The minimum atomic E-state index is 0.133. The van der Waals surface area contributed by atoms with Crippen LogP contribution in [0.25, 0.3) is 0 Å². The number of carbonyl (C=O) groups is 1. The van der Waals surface area contributed by atoms with Crippen molar-refractivity contribution in [1.29, 1.82) is 0 Å². The van der Waals surface area contributed by atoms with Crippen LogP contribution < -0.4 is 10.6 Å². The fourth-order valence-electron chi connectivity index (χ4n) is 2.89. The highest BCUT2D eigenvalue weighted by molar-refractivity contribution is 5.79. The van der Waals surface area contributed by atoms with Gasteiger partial charge < -0.3 is 10.6 Å². The van der Waals surface area contributed by atoms with Crippen molar-refractivity contribution in [3.63, 3.8) is 0 Å². The number of amides is 1. The van der Waals surface area contributed by atoms with E-state index in [9.17, 15) is 4.79 Å². The lowest BCUT2D eigenvalue weighted by Crippen LogP contribution is -2.51. The quantitative estimate of drug-likeness (QED) is 0.831. The van der Waals surface area contributed by atoms with Gasteiger partial charge in [-0.2, -0.15) is 0 Å². The van der Waals surface area contributed by atoms with Crippen molar-refractivity contribution < 1.29 is 4.79 Å². The summed E-state index contributed by atoms with van der Waals surface area (Å²) in [5.41, 5.74) is 1.32. The van der Waals surface area contributed by atoms with Crippen molar-refractivity contribution in [2.45, 2.75) is 32.2 Å². The van der Waals surface area contributed by atoms with Crippen molar-refractivity contribution in [1.82, 2.24) is 10.6 Å². The van der Waals surface area contributed by atoms with Gasteiger partial charge >= 0.3 is 0 Å². The van der Waals surface area contributed by atoms with Crippen LogP contribution >= 0.6 is 0 Å². The standard InChI is InChI=1S/C17H24N2O/c1-12(15-10-18-11-15)17(20)19-16(14-7-8-14)9-13-5-3-2-4-6-13/h2-6,12,14-16,18H,7-11H2,1H3,(H,19,20). The van der Waals surface area contributed by atoms with E-state index in [0.717, 1.165) is 19.5 Å². The summed E-state index contributed by atoms with van der Waals surface area (Å²) in [5.74, 6) is 1.58. The second kappa shape index (κ2) is 5.96. The Balaban J connectivity index is 1.58. The molecular formula is C17H24N2O. The molecule has 0 radical (unpaired) electrons. The second-order valence-corrected chi connectivity index (χ2v) is 6.35. The largest absolute Gasteiger partial charge is 0.353 e. The third-order valence-corrected chi connectivity index (χ3v) is 4.75. The molecule has 1 amide bonds. The summed E-state index contributed by atoms with van der Waals surface area (Å²) in [5, 5.41) is 6.55. The van der Waals surface area contributed by atoms with Crippen LogP contribution in [0.2, 0.25) is 0 Å². The van der Waals surface area contributed by atoms with Gasteiger partial charge in [-0.25, -0.2) is 0 Å². The zero-order valence-electron chi connectivity index (χ0n) is 12.1. The van der Waals surface area contributed by atoms with Crippen LogP contribution in [0.4, 0.5) is 0 Å². The highest BCUT2D eigenvalue weighted by Crippen LogP contribution is 2.34. The van der Waals surface area contributed by atoms with Gasteiger partial charge in [0, 0.05) is 12.0 Å². The highest BCUT2D eigenvalue weighted by atomic mass is 16.1. The molecule has 0 aromatic heterocycles. The van der Waals surface area contributed by atoms with Gasteiger partial charge in [0.05, 0.1) is 0 Å². The lowest BCUT2D eigenvalue weighted by molar-refractivity contribution is -0.127. The molecule has 2 fully saturated rings. The lowest BCUT2D eigenvalue weighted by atomic mass is 9.88. The molecule has 3 nitrogen and oxygen atoms in total. The maximum absolute atomic E-state index is 12.4. The molecule has 2 N–H and O–H groups in total. The molecule has 2 unspecified atom stereocenters. The first-order valence-electron chi connectivity index (χ1n) is 7.79. The fourth-order valence-corrected chi connectivity index (χ4v) is 2.89. The summed E-state index contributed by atoms with van der Waals surface area (Å²) in [4.78, 5) is 12.4. The molecule has 3 rings (SSSR count). The SMILES string of the molecule is CC(C(=O)NC(Cc1ccccc1)C1CC1)C1CNC1. The third-order valence-electron chi connectivity index (χ3n) is 4.75. The number of hydrogen-bond donors (Lipinski definition) is 2. The van der Waals surface area contributed by atoms with Gasteiger partial charge in [0.15, 0.2) is 0 Å². The molecular weight excluding hydrogens is 248 g/mol. The number of rotatable bonds is 6. The van der Waals surface area contributed by atoms with Crippen molar-refractivity contribution >= 4 is 5.91 Å². The molecule has 1 aliphatic heterocycles. The second-order valence-electron chi connectivity index (χ2n) is 6.35. The van der Waals surface area contributed by atoms with Crippen LogP contribution in [-0.4, -0.2) is 25.0 Å². The van der Waals surface area contributed by atoms with Crippen LogP contribution in [0.1, 0.15) is 25.3 Å². The topological polar surface area (TPSA) is 41.1 Å². The summed E-state index contributed by atoms with van der Waals surface area (Å²) < 4.78 is 0. The molecule has 3 heteroatoms. The van der Waals surface area contributed by atoms with Crippen molar-refractivity contribution in [2.75, 3.05) is 13.1 Å². The average Bonchev–Trinajstić information content (AvgIpc) is 3.21. The molecule has 2 atom stereocenters. The van der Waals surface area contributed by atoms with Gasteiger partial charge in [0.1, 0.15) is 0 Å². The van der Waals surface area contributed by atoms with Gasteiger partial charge in [0.25, 0.3) is 0 Å². The zero-order chi connectivity index (χ0) is 13.9. The summed E-state index contributed by atoms with van der Waals surface area (Å²) in [6.07, 6.45) is 3.49. The Morgan fingerprint density at radius 3 is 2.50 bits per heavy atom. The Bertz CT molecular complexity index is 451. The molecule has 20 heavy (non-hydrogen) atoms. The molecule has 0 bridgehead atoms. The van der Waals surface area contributed by atoms with Crippen LogP contribution in [0.5, 0.6) is 0 Å². The number of carbonyl (C=O) groups excluding carboxylic acids is 1. The van der Waals surface area contributed by atoms with Crippen molar-refractivity contribution in [3.8, 4) is 0 Å². The first-order chi connectivity index (χ1) is 9.74. The predicted molar refractivity (Wildman–Crippen MR) is 80.3 cm³/mol. The van der Waals surface area contributed by atoms with E-state index in [-0.39, 0.29) is 11.8 Å². The molecule has 1 saturated heterocycles. The minimum absolute atomic E-state index is 0.133. The minimum Gasteiger partial charge on any atom is -0.353 e. The van der Waals surface area contributed by atoms with Gasteiger partial charge in [-0.1, -0.05) is 37.3 Å². The van der Waals surface area contributed by atoms with Crippen molar-refractivity contribution in [2.24, 2.45) is 17.8 Å². The Morgan fingerprint density at radius 1 is 1.25 bits per heavy atom. The van der Waals surface area contributed by atoms with Crippen LogP contribution in [0.3, 0.4) is 0 Å². The summed E-state index contributed by atoms with van der Waals surface area (Å²) in [7, 11) is 0. The average molecular weight is 272 g/mol. The number of benzene rings is 1. The number of nitrogens with one attached hydrogen (secondary N) is 2. The van der Waals surface area contributed by atoms with Crippen molar-refractivity contribution in [3.05, 3.63) is 35.9 Å². The van der Waals surface area contributed by atoms with E-state index in [1.165, 1.54) is 18.4 Å². The summed E-state index contributed by atoms with van der Waals surface area (Å²) >= 11 is 0. The molecule has 1 heterocycles. The summed E-state index contributed by atoms with van der Waals surface area (Å²) in [6, 6.07) is 10.8. The van der Waals surface area contributed by atoms with Crippen LogP contribution in [0, 0.1) is 17.8 Å². The van der Waals surface area contributed by atoms with Gasteiger partial charge in [-0.05, 0) is 49.8 Å². The van der Waals surface area contributed by atoms with Gasteiger partial charge in [-0.3, -0.25) is 4.79 Å². The van der Waals surface area contributed by atoms with E-state index in [1.807, 2.05) is 6.07 Å². The Hall–Kier alpha value is -1.35. The van der Waals surface area contributed by atoms with Gasteiger partial charge in [-0.15, -0.1) is 0 Å². The molecule has 2 aliphatic rings. The molecule has 1 aromatic carbocycles. The van der Waals surface area contributed by atoms with E-state index in [4.69, 9.17) is 0 Å². The fraction of sp³-hybridized carbons (Fsp3) is 0.588. The van der Waals surface area contributed by atoms with Crippen LogP contribution in [-0.2, 0) is 11.2 Å². The summed E-state index contributed by atoms with van der Waals surface area (Å²) in [6.45, 7) is 4.04. The zero-order valence-corrected chi connectivity index (χ0v) is 12.1. The first kappa shape index (κ1) is 13.6. The lowest BCUT2D eigenvalue weighted by Gasteiger charge is -2.33. The van der Waals surface area contributed by atoms with Crippen LogP contribution in [0.15, 0.2) is 30.3 Å². The Morgan fingerprint density at radius 2 is 1.95 bits per heavy atom. The predicted octanol–water partition coefficient (Wildman–Crippen LogP) is 1.98. The Labute approximate surface area is 121 Å². The normalized spacial score (nSPS) is 21.9. The molecule has 1 saturated carbocycles. The van der Waals surface area contributed by atoms with E-state index < -0.39 is 0 Å². The van der Waals surface area contributed by atoms with Gasteiger partial charge in [0.2, 0.25) is 5.91 Å². The maximum Gasteiger partial charge on any atom is 0.223 e. The monoisotopic (exact) mass is 272 g/mol. The smallest absolute Gasteiger partial charge is 0.223 e.